The molecule has 0 aromatic heterocycles. The Balaban J connectivity index is 0.000000376. The third kappa shape index (κ3) is 26.2. The summed E-state index contributed by atoms with van der Waals surface area (Å²) in [4.78, 5) is 0. The minimum atomic E-state index is 0.323. The van der Waals surface area contributed by atoms with Gasteiger partial charge in [0.25, 0.3) is 0 Å². The second-order valence-corrected chi connectivity index (χ2v) is 20.4. The molecule has 0 heterocycles. The molecule has 0 aliphatic heterocycles. The molecule has 0 saturated heterocycles. The van der Waals surface area contributed by atoms with Crippen LogP contribution >= 0.6 is 0 Å². The molecule has 0 spiro atoms. The third-order valence-electron chi connectivity index (χ3n) is 14.1. The number of rotatable bonds is 38. The van der Waals surface area contributed by atoms with Crippen LogP contribution in [0.15, 0.2) is 72.8 Å². The summed E-state index contributed by atoms with van der Waals surface area (Å²) in [5.41, 5.74) is 8.81. The first-order chi connectivity index (χ1) is 33.3. The maximum absolute atomic E-state index is 10.5. The summed E-state index contributed by atoms with van der Waals surface area (Å²) < 4.78 is 0. The molecule has 0 radical (unpaired) electrons. The third-order valence-corrected chi connectivity index (χ3v) is 14.1. The number of benzene rings is 4. The molecule has 380 valence electrons. The van der Waals surface area contributed by atoms with Gasteiger partial charge in [0.1, 0.15) is 23.0 Å². The van der Waals surface area contributed by atoms with Gasteiger partial charge in [-0.1, -0.05) is 243 Å². The predicted molar refractivity (Wildman–Crippen MR) is 294 cm³/mol. The molecule has 0 unspecified atom stereocenters. The van der Waals surface area contributed by atoms with Crippen molar-refractivity contribution in [3.8, 4) is 23.0 Å². The van der Waals surface area contributed by atoms with E-state index in [1.807, 2.05) is 36.4 Å². The molecule has 4 aromatic rings. The number of aromatic hydroxyl groups is 4. The molecule has 68 heavy (non-hydrogen) atoms. The van der Waals surface area contributed by atoms with E-state index >= 15 is 0 Å². The van der Waals surface area contributed by atoms with Crippen molar-refractivity contribution < 1.29 is 20.4 Å². The van der Waals surface area contributed by atoms with E-state index in [1.165, 1.54) is 215 Å². The molecule has 4 nitrogen and oxygen atoms in total. The lowest BCUT2D eigenvalue weighted by atomic mass is 9.96. The first-order valence-electron chi connectivity index (χ1n) is 28.5. The Kier molecular flexibility index (Phi) is 32.6. The van der Waals surface area contributed by atoms with Gasteiger partial charge in [0, 0.05) is 12.8 Å². The van der Waals surface area contributed by atoms with E-state index in [9.17, 15) is 20.4 Å². The van der Waals surface area contributed by atoms with Crippen LogP contribution in [-0.2, 0) is 38.5 Å². The SMILES string of the molecule is CCCCCCCCCCCCc1ccc(O)c(Cc2cc(CCCCCCCCCCCC)ccc2O)c1.CCCCCCCc1ccc(O)c(Cc2cc(CCCCCCC)ccc2O)c1. The summed E-state index contributed by atoms with van der Waals surface area (Å²) in [5, 5.41) is 41.7. The Morgan fingerprint density at radius 3 is 0.603 bits per heavy atom. The second-order valence-electron chi connectivity index (χ2n) is 20.4. The van der Waals surface area contributed by atoms with Crippen molar-refractivity contribution >= 4 is 0 Å². The number of phenols is 4. The standard InChI is InChI=1S/C37H60O2.C27H40O2/c1-3-5-7-9-11-13-15-17-19-21-23-32-25-27-36(38)34(29-32)31-35-30-33(26-28-37(35)39)24-22-20-18-16-14-12-10-8-6-4-2;1-3-5-7-9-11-13-22-15-17-26(28)24(19-22)21-25-20-23(16-18-27(25)29)14-12-10-8-6-4-2/h25-30,38-39H,3-24,31H2,1-2H3;15-20,28-29H,3-14,21H2,1-2H3. The lowest BCUT2D eigenvalue weighted by molar-refractivity contribution is 0.461. The van der Waals surface area contributed by atoms with Gasteiger partial charge in [-0.15, -0.1) is 0 Å². The molecule has 4 N–H and O–H groups in total. The summed E-state index contributed by atoms with van der Waals surface area (Å²) >= 11 is 0. The zero-order valence-corrected chi connectivity index (χ0v) is 44.2. The Morgan fingerprint density at radius 2 is 0.412 bits per heavy atom. The van der Waals surface area contributed by atoms with Crippen LogP contribution in [0.2, 0.25) is 0 Å². The topological polar surface area (TPSA) is 80.9 Å². The van der Waals surface area contributed by atoms with Crippen LogP contribution in [0.1, 0.15) is 265 Å². The van der Waals surface area contributed by atoms with Crippen molar-refractivity contribution in [2.45, 2.75) is 259 Å². The van der Waals surface area contributed by atoms with Gasteiger partial charge in [-0.25, -0.2) is 0 Å². The summed E-state index contributed by atoms with van der Waals surface area (Å²) in [7, 11) is 0. The summed E-state index contributed by atoms with van der Waals surface area (Å²) in [6.45, 7) is 9.03. The van der Waals surface area contributed by atoms with Crippen molar-refractivity contribution in [2.24, 2.45) is 0 Å². The number of aryl methyl sites for hydroxylation is 4. The fourth-order valence-corrected chi connectivity index (χ4v) is 9.65. The van der Waals surface area contributed by atoms with Gasteiger partial charge in [-0.05, 0) is 120 Å². The molecule has 0 atom stereocenters. The van der Waals surface area contributed by atoms with Gasteiger partial charge >= 0.3 is 0 Å². The fourth-order valence-electron chi connectivity index (χ4n) is 9.65. The van der Waals surface area contributed by atoms with Crippen LogP contribution in [0.25, 0.3) is 0 Å². The Hall–Kier alpha value is -3.92. The summed E-state index contributed by atoms with van der Waals surface area (Å²) in [6.07, 6.45) is 45.1. The highest BCUT2D eigenvalue weighted by Crippen LogP contribution is 2.30. The first kappa shape index (κ1) is 58.4. The van der Waals surface area contributed by atoms with Gasteiger partial charge in [-0.3, -0.25) is 0 Å². The fraction of sp³-hybridized carbons (Fsp3) is 0.625. The molecule has 4 aromatic carbocycles. The normalized spacial score (nSPS) is 11.2. The zero-order valence-electron chi connectivity index (χ0n) is 44.2. The average molecular weight is 933 g/mol. The molecule has 4 heteroatoms. The molecule has 0 aliphatic carbocycles. The average Bonchev–Trinajstić information content (AvgIpc) is 3.34. The smallest absolute Gasteiger partial charge is 0.119 e. The summed E-state index contributed by atoms with van der Waals surface area (Å²) in [5.74, 6) is 1.32. The number of hydrogen-bond acceptors (Lipinski definition) is 4. The Bertz CT molecular complexity index is 1730. The van der Waals surface area contributed by atoms with E-state index in [0.717, 1.165) is 47.9 Å². The van der Waals surface area contributed by atoms with Crippen LogP contribution in [-0.4, -0.2) is 20.4 Å². The maximum atomic E-state index is 10.5. The number of unbranched alkanes of at least 4 members (excludes halogenated alkanes) is 26. The lowest BCUT2D eigenvalue weighted by Gasteiger charge is -2.11. The van der Waals surface area contributed by atoms with E-state index in [0.29, 0.717) is 35.8 Å². The van der Waals surface area contributed by atoms with E-state index < -0.39 is 0 Å². The molecular formula is C64H100O4. The van der Waals surface area contributed by atoms with Gasteiger partial charge in [0.15, 0.2) is 0 Å². The van der Waals surface area contributed by atoms with Crippen molar-refractivity contribution in [2.75, 3.05) is 0 Å². The van der Waals surface area contributed by atoms with Crippen molar-refractivity contribution in [3.05, 3.63) is 117 Å². The van der Waals surface area contributed by atoms with Crippen LogP contribution in [0.3, 0.4) is 0 Å². The van der Waals surface area contributed by atoms with E-state index in [-0.39, 0.29) is 0 Å². The number of phenolic OH excluding ortho intramolecular Hbond substituents is 4. The first-order valence-corrected chi connectivity index (χ1v) is 28.5. The van der Waals surface area contributed by atoms with E-state index in [2.05, 4.69) is 64.1 Å². The quantitative estimate of drug-likeness (QED) is 0.0338. The van der Waals surface area contributed by atoms with Gasteiger partial charge in [0.05, 0.1) is 0 Å². The molecule has 4 rings (SSSR count). The molecule has 0 bridgehead atoms. The number of hydrogen-bond donors (Lipinski definition) is 4. The predicted octanol–water partition coefficient (Wildman–Crippen LogP) is 19.3. The van der Waals surface area contributed by atoms with E-state index in [1.54, 1.807) is 0 Å². The van der Waals surface area contributed by atoms with Crippen molar-refractivity contribution in [1.29, 1.82) is 0 Å². The molecule has 0 fully saturated rings. The van der Waals surface area contributed by atoms with Crippen LogP contribution < -0.4 is 0 Å². The van der Waals surface area contributed by atoms with Crippen LogP contribution in [0.5, 0.6) is 23.0 Å². The largest absolute Gasteiger partial charge is 0.508 e. The second kappa shape index (κ2) is 37.9. The Morgan fingerprint density at radius 1 is 0.235 bits per heavy atom. The molecular weight excluding hydrogens is 833 g/mol. The maximum Gasteiger partial charge on any atom is 0.119 e. The lowest BCUT2D eigenvalue weighted by Crippen LogP contribution is -1.95. The minimum absolute atomic E-state index is 0.323. The monoisotopic (exact) mass is 933 g/mol. The highest BCUT2D eigenvalue weighted by Gasteiger charge is 2.11. The molecule has 0 aliphatic rings. The molecule has 0 amide bonds. The van der Waals surface area contributed by atoms with E-state index in [4.69, 9.17) is 0 Å². The van der Waals surface area contributed by atoms with Gasteiger partial charge in [0.2, 0.25) is 0 Å². The zero-order chi connectivity index (χ0) is 48.9. The van der Waals surface area contributed by atoms with Gasteiger partial charge in [-0.2, -0.15) is 0 Å². The molecule has 0 saturated carbocycles. The minimum Gasteiger partial charge on any atom is -0.508 e. The Labute approximate surface area is 417 Å². The van der Waals surface area contributed by atoms with Gasteiger partial charge < -0.3 is 20.4 Å². The van der Waals surface area contributed by atoms with Crippen molar-refractivity contribution in [3.63, 3.8) is 0 Å². The van der Waals surface area contributed by atoms with Crippen LogP contribution in [0, 0.1) is 0 Å². The summed E-state index contributed by atoms with van der Waals surface area (Å²) in [6, 6.07) is 24.0. The highest BCUT2D eigenvalue weighted by molar-refractivity contribution is 5.46. The van der Waals surface area contributed by atoms with Crippen LogP contribution in [0.4, 0.5) is 0 Å². The highest BCUT2D eigenvalue weighted by atomic mass is 16.3. The van der Waals surface area contributed by atoms with Crippen molar-refractivity contribution in [1.82, 2.24) is 0 Å².